The Bertz CT molecular complexity index is 544. The summed E-state index contributed by atoms with van der Waals surface area (Å²) in [5, 5.41) is 9.46. The Balaban J connectivity index is 2.07. The van der Waals surface area contributed by atoms with E-state index in [4.69, 9.17) is 5.73 Å². The lowest BCUT2D eigenvalue weighted by molar-refractivity contribution is -0.155. The van der Waals surface area contributed by atoms with Gasteiger partial charge in [-0.05, 0) is 37.0 Å². The molecule has 0 aliphatic carbocycles. The number of aliphatic carboxylic acids is 1. The molecule has 1 amide bonds. The van der Waals surface area contributed by atoms with E-state index in [9.17, 15) is 14.7 Å². The van der Waals surface area contributed by atoms with Crippen molar-refractivity contribution in [3.05, 3.63) is 29.8 Å². The van der Waals surface area contributed by atoms with Gasteiger partial charge in [0.15, 0.2) is 0 Å². The van der Waals surface area contributed by atoms with Crippen molar-refractivity contribution >= 4 is 17.6 Å². The van der Waals surface area contributed by atoms with Gasteiger partial charge in [-0.1, -0.05) is 19.1 Å². The maximum absolute atomic E-state index is 12.4. The molecule has 0 radical (unpaired) electrons. The fourth-order valence-corrected chi connectivity index (χ4v) is 2.95. The Morgan fingerprint density at radius 1 is 1.43 bits per heavy atom. The van der Waals surface area contributed by atoms with E-state index in [-0.39, 0.29) is 12.3 Å². The first-order valence-electron chi connectivity index (χ1n) is 7.32. The smallest absolute Gasteiger partial charge is 0.311 e. The van der Waals surface area contributed by atoms with Gasteiger partial charge in [0.1, 0.15) is 0 Å². The third-order valence-corrected chi connectivity index (χ3v) is 4.37. The summed E-state index contributed by atoms with van der Waals surface area (Å²) in [7, 11) is 0. The molecule has 3 N–H and O–H groups in total. The molecule has 2 rings (SSSR count). The number of carbonyl (C=O) groups excluding carboxylic acids is 1. The van der Waals surface area contributed by atoms with Crippen LogP contribution in [0.25, 0.3) is 0 Å². The molecule has 1 aliphatic rings. The number of rotatable bonds is 4. The molecule has 1 saturated heterocycles. The Hall–Kier alpha value is -2.04. The number of hydrogen-bond acceptors (Lipinski definition) is 3. The van der Waals surface area contributed by atoms with Crippen molar-refractivity contribution in [2.45, 2.75) is 32.6 Å². The van der Waals surface area contributed by atoms with Crippen molar-refractivity contribution in [2.75, 3.05) is 18.8 Å². The molecule has 1 heterocycles. The van der Waals surface area contributed by atoms with Crippen LogP contribution >= 0.6 is 0 Å². The summed E-state index contributed by atoms with van der Waals surface area (Å²) in [6.45, 7) is 2.82. The van der Waals surface area contributed by atoms with Crippen LogP contribution in [0.1, 0.15) is 31.7 Å². The molecule has 1 aromatic rings. The van der Waals surface area contributed by atoms with Gasteiger partial charge in [-0.3, -0.25) is 9.59 Å². The first kappa shape index (κ1) is 15.4. The lowest BCUT2D eigenvalue weighted by atomic mass is 9.77. The summed E-state index contributed by atoms with van der Waals surface area (Å²) >= 11 is 0. The van der Waals surface area contributed by atoms with Crippen LogP contribution in [-0.2, 0) is 16.0 Å². The fraction of sp³-hybridized carbons (Fsp3) is 0.500. The number of carboxylic acid groups (broad SMARTS) is 1. The second kappa shape index (κ2) is 6.16. The topological polar surface area (TPSA) is 83.6 Å². The Morgan fingerprint density at radius 2 is 2.19 bits per heavy atom. The van der Waals surface area contributed by atoms with Crippen molar-refractivity contribution in [1.29, 1.82) is 0 Å². The zero-order chi connectivity index (χ0) is 15.5. The predicted octanol–water partition coefficient (Wildman–Crippen LogP) is 1.91. The average molecular weight is 290 g/mol. The average Bonchev–Trinajstić information content (AvgIpc) is 2.47. The number of amides is 1. The number of anilines is 1. The highest BCUT2D eigenvalue weighted by Crippen LogP contribution is 2.33. The number of nitrogen functional groups attached to an aromatic ring is 1. The highest BCUT2D eigenvalue weighted by molar-refractivity contribution is 5.81. The van der Waals surface area contributed by atoms with Crippen molar-refractivity contribution in [3.63, 3.8) is 0 Å². The molecule has 21 heavy (non-hydrogen) atoms. The fourth-order valence-electron chi connectivity index (χ4n) is 2.95. The molecule has 1 atom stereocenters. The molecule has 114 valence electrons. The second-order valence-electron chi connectivity index (χ2n) is 5.78. The van der Waals surface area contributed by atoms with E-state index in [1.807, 2.05) is 19.1 Å². The molecule has 0 saturated carbocycles. The molecular weight excluding hydrogens is 268 g/mol. The van der Waals surface area contributed by atoms with E-state index in [1.165, 1.54) is 0 Å². The highest BCUT2D eigenvalue weighted by atomic mass is 16.4. The highest BCUT2D eigenvalue weighted by Gasteiger charge is 2.41. The molecular formula is C16H22N2O3. The first-order chi connectivity index (χ1) is 9.97. The second-order valence-corrected chi connectivity index (χ2v) is 5.78. The van der Waals surface area contributed by atoms with E-state index >= 15 is 0 Å². The van der Waals surface area contributed by atoms with Gasteiger partial charge in [-0.2, -0.15) is 0 Å². The zero-order valence-corrected chi connectivity index (χ0v) is 12.3. The maximum Gasteiger partial charge on any atom is 0.311 e. The van der Waals surface area contributed by atoms with E-state index in [0.29, 0.717) is 31.6 Å². The molecule has 0 aromatic heterocycles. The van der Waals surface area contributed by atoms with Crippen LogP contribution in [0.3, 0.4) is 0 Å². The number of carbonyl (C=O) groups is 2. The molecule has 0 bridgehead atoms. The van der Waals surface area contributed by atoms with E-state index in [0.717, 1.165) is 12.0 Å². The number of hydrogen-bond donors (Lipinski definition) is 2. The predicted molar refractivity (Wildman–Crippen MR) is 80.7 cm³/mol. The van der Waals surface area contributed by atoms with Crippen molar-refractivity contribution in [2.24, 2.45) is 5.41 Å². The molecule has 1 fully saturated rings. The minimum atomic E-state index is -0.800. The van der Waals surface area contributed by atoms with Gasteiger partial charge >= 0.3 is 5.97 Å². The van der Waals surface area contributed by atoms with Crippen LogP contribution in [0.2, 0.25) is 0 Å². The van der Waals surface area contributed by atoms with Crippen LogP contribution in [-0.4, -0.2) is 35.0 Å². The van der Waals surface area contributed by atoms with Crippen LogP contribution in [0.15, 0.2) is 24.3 Å². The van der Waals surface area contributed by atoms with Gasteiger partial charge in [-0.25, -0.2) is 0 Å². The summed E-state index contributed by atoms with van der Waals surface area (Å²) in [6, 6.07) is 7.25. The largest absolute Gasteiger partial charge is 0.481 e. The first-order valence-corrected chi connectivity index (χ1v) is 7.32. The van der Waals surface area contributed by atoms with Gasteiger partial charge in [-0.15, -0.1) is 0 Å². The Kier molecular flexibility index (Phi) is 4.50. The standard InChI is InChI=1S/C16H22N2O3/c1-2-16(15(20)21)7-4-8-18(11-16)14(19)10-12-5-3-6-13(17)9-12/h3,5-6,9H,2,4,7-8,10-11,17H2,1H3,(H,20,21). The quantitative estimate of drug-likeness (QED) is 0.830. The number of benzene rings is 1. The van der Waals surface area contributed by atoms with E-state index in [1.54, 1.807) is 17.0 Å². The Morgan fingerprint density at radius 3 is 2.81 bits per heavy atom. The minimum Gasteiger partial charge on any atom is -0.481 e. The van der Waals surface area contributed by atoms with Crippen LogP contribution in [0.4, 0.5) is 5.69 Å². The van der Waals surface area contributed by atoms with E-state index < -0.39 is 11.4 Å². The van der Waals surface area contributed by atoms with Crippen LogP contribution in [0.5, 0.6) is 0 Å². The lowest BCUT2D eigenvalue weighted by Crippen LogP contribution is -2.50. The summed E-state index contributed by atoms with van der Waals surface area (Å²) in [6.07, 6.45) is 2.19. The number of carboxylic acids is 1. The van der Waals surface area contributed by atoms with Gasteiger partial charge in [0.25, 0.3) is 0 Å². The Labute approximate surface area is 124 Å². The number of likely N-dealkylation sites (tertiary alicyclic amines) is 1. The van der Waals surface area contributed by atoms with Gasteiger partial charge in [0, 0.05) is 18.8 Å². The van der Waals surface area contributed by atoms with Crippen LogP contribution < -0.4 is 5.73 Å². The van der Waals surface area contributed by atoms with Gasteiger partial charge in [0.05, 0.1) is 11.8 Å². The van der Waals surface area contributed by atoms with Crippen molar-refractivity contribution < 1.29 is 14.7 Å². The van der Waals surface area contributed by atoms with Gasteiger partial charge in [0.2, 0.25) is 5.91 Å². The van der Waals surface area contributed by atoms with Crippen LogP contribution in [0, 0.1) is 5.41 Å². The summed E-state index contributed by atoms with van der Waals surface area (Å²) < 4.78 is 0. The molecule has 5 heteroatoms. The summed E-state index contributed by atoms with van der Waals surface area (Å²) in [5.41, 5.74) is 6.42. The molecule has 5 nitrogen and oxygen atoms in total. The summed E-state index contributed by atoms with van der Waals surface area (Å²) in [4.78, 5) is 25.6. The maximum atomic E-state index is 12.4. The molecule has 1 aliphatic heterocycles. The number of nitrogens with zero attached hydrogens (tertiary/aromatic N) is 1. The number of piperidine rings is 1. The molecule has 1 unspecified atom stereocenters. The van der Waals surface area contributed by atoms with Crippen molar-refractivity contribution in [3.8, 4) is 0 Å². The molecule has 1 aromatic carbocycles. The summed E-state index contributed by atoms with van der Waals surface area (Å²) in [5.74, 6) is -0.828. The van der Waals surface area contributed by atoms with Crippen molar-refractivity contribution in [1.82, 2.24) is 4.90 Å². The molecule has 0 spiro atoms. The normalized spacial score (nSPS) is 22.0. The lowest BCUT2D eigenvalue weighted by Gasteiger charge is -2.39. The zero-order valence-electron chi connectivity index (χ0n) is 12.3. The number of nitrogens with two attached hydrogens (primary N) is 1. The monoisotopic (exact) mass is 290 g/mol. The third-order valence-electron chi connectivity index (χ3n) is 4.37. The minimum absolute atomic E-state index is 0.0284. The SMILES string of the molecule is CCC1(C(=O)O)CCCN(C(=O)Cc2cccc(N)c2)C1. The third kappa shape index (κ3) is 3.35. The van der Waals surface area contributed by atoms with E-state index in [2.05, 4.69) is 0 Å². The van der Waals surface area contributed by atoms with Gasteiger partial charge < -0.3 is 15.7 Å².